The predicted molar refractivity (Wildman–Crippen MR) is 74.8 cm³/mol. The zero-order valence-electron chi connectivity index (χ0n) is 10.3. The summed E-state index contributed by atoms with van der Waals surface area (Å²) in [6, 6.07) is 0.734. The lowest BCUT2D eigenvalue weighted by atomic mass is 10.2. The Kier molecular flexibility index (Phi) is 3.77. The van der Waals surface area contributed by atoms with Gasteiger partial charge in [0.15, 0.2) is 0 Å². The summed E-state index contributed by atoms with van der Waals surface area (Å²) in [5.41, 5.74) is 0. The number of aromatic nitrogens is 2. The van der Waals surface area contributed by atoms with Gasteiger partial charge in [-0.3, -0.25) is 4.90 Å². The van der Waals surface area contributed by atoms with Crippen LogP contribution in [-0.2, 0) is 0 Å². The molecule has 0 amide bonds. The highest BCUT2D eigenvalue weighted by Crippen LogP contribution is 2.16. The zero-order chi connectivity index (χ0) is 12.4. The van der Waals surface area contributed by atoms with E-state index in [1.807, 2.05) is 12.4 Å². The van der Waals surface area contributed by atoms with Gasteiger partial charge in [0.1, 0.15) is 0 Å². The number of hydrogen-bond acceptors (Lipinski definition) is 5. The van der Waals surface area contributed by atoms with Crippen LogP contribution in [0.15, 0.2) is 16.9 Å². The average Bonchev–Trinajstić information content (AvgIpc) is 2.94. The standard InChI is InChI=1S/C12H18BrN5/c13-10-7-15-12(16-8-10)18-5-3-17(4-6-18)11-1-2-14-9-11/h7-8,11,14H,1-6,9H2/t11-/m0/s1. The highest BCUT2D eigenvalue weighted by atomic mass is 79.9. The fraction of sp³-hybridized carbons (Fsp3) is 0.667. The summed E-state index contributed by atoms with van der Waals surface area (Å²) in [5, 5.41) is 3.43. The molecule has 0 radical (unpaired) electrons. The summed E-state index contributed by atoms with van der Waals surface area (Å²) in [7, 11) is 0. The Bertz CT molecular complexity index is 382. The molecule has 98 valence electrons. The van der Waals surface area contributed by atoms with Gasteiger partial charge >= 0.3 is 0 Å². The number of nitrogens with one attached hydrogen (secondary N) is 1. The fourth-order valence-corrected chi connectivity index (χ4v) is 2.91. The number of halogens is 1. The van der Waals surface area contributed by atoms with Gasteiger partial charge in [-0.25, -0.2) is 9.97 Å². The summed E-state index contributed by atoms with van der Waals surface area (Å²) in [5.74, 6) is 0.849. The van der Waals surface area contributed by atoms with Crippen LogP contribution in [0.4, 0.5) is 5.95 Å². The monoisotopic (exact) mass is 311 g/mol. The SMILES string of the molecule is Brc1cnc(N2CCN([C@H]3CCNC3)CC2)nc1. The molecular formula is C12H18BrN5. The van der Waals surface area contributed by atoms with E-state index < -0.39 is 0 Å². The second kappa shape index (κ2) is 5.50. The van der Waals surface area contributed by atoms with E-state index >= 15 is 0 Å². The maximum absolute atomic E-state index is 4.36. The predicted octanol–water partition coefficient (Wildman–Crippen LogP) is 0.723. The molecule has 0 spiro atoms. The van der Waals surface area contributed by atoms with E-state index in [2.05, 4.69) is 41.0 Å². The van der Waals surface area contributed by atoms with E-state index in [-0.39, 0.29) is 0 Å². The lowest BCUT2D eigenvalue weighted by Crippen LogP contribution is -2.51. The number of hydrogen-bond donors (Lipinski definition) is 1. The van der Waals surface area contributed by atoms with Crippen LogP contribution in [-0.4, -0.2) is 60.2 Å². The van der Waals surface area contributed by atoms with Gasteiger partial charge in [-0.2, -0.15) is 0 Å². The van der Waals surface area contributed by atoms with E-state index in [9.17, 15) is 0 Å². The third-order valence-corrected chi connectivity index (χ3v) is 4.16. The van der Waals surface area contributed by atoms with Crippen LogP contribution in [0.2, 0.25) is 0 Å². The van der Waals surface area contributed by atoms with Crippen molar-refractivity contribution in [1.82, 2.24) is 20.2 Å². The van der Waals surface area contributed by atoms with Crippen LogP contribution in [0.1, 0.15) is 6.42 Å². The Morgan fingerprint density at radius 2 is 1.89 bits per heavy atom. The van der Waals surface area contributed by atoms with Crippen molar-refractivity contribution in [2.24, 2.45) is 0 Å². The quantitative estimate of drug-likeness (QED) is 0.872. The van der Waals surface area contributed by atoms with Crippen molar-refractivity contribution in [3.8, 4) is 0 Å². The van der Waals surface area contributed by atoms with Gasteiger partial charge in [0.25, 0.3) is 0 Å². The van der Waals surface area contributed by atoms with Gasteiger partial charge in [-0.15, -0.1) is 0 Å². The van der Waals surface area contributed by atoms with Crippen LogP contribution < -0.4 is 10.2 Å². The molecular weight excluding hydrogens is 294 g/mol. The minimum absolute atomic E-state index is 0.734. The average molecular weight is 312 g/mol. The van der Waals surface area contributed by atoms with E-state index in [0.717, 1.165) is 49.2 Å². The number of anilines is 1. The summed E-state index contributed by atoms with van der Waals surface area (Å²) < 4.78 is 0.932. The molecule has 1 N–H and O–H groups in total. The molecule has 0 unspecified atom stereocenters. The van der Waals surface area contributed by atoms with Crippen molar-refractivity contribution in [2.45, 2.75) is 12.5 Å². The topological polar surface area (TPSA) is 44.3 Å². The molecule has 0 saturated carbocycles. The first-order valence-corrected chi connectivity index (χ1v) is 7.29. The second-order valence-electron chi connectivity index (χ2n) is 4.87. The van der Waals surface area contributed by atoms with Crippen LogP contribution in [0.5, 0.6) is 0 Å². The first-order valence-electron chi connectivity index (χ1n) is 6.50. The number of nitrogens with zero attached hydrogens (tertiary/aromatic N) is 4. The molecule has 3 heterocycles. The lowest BCUT2D eigenvalue weighted by molar-refractivity contribution is 0.196. The molecule has 1 aromatic heterocycles. The lowest BCUT2D eigenvalue weighted by Gasteiger charge is -2.37. The van der Waals surface area contributed by atoms with E-state index in [0.29, 0.717) is 0 Å². The van der Waals surface area contributed by atoms with Crippen LogP contribution in [0, 0.1) is 0 Å². The maximum Gasteiger partial charge on any atom is 0.225 e. The van der Waals surface area contributed by atoms with Gasteiger partial charge < -0.3 is 10.2 Å². The Labute approximate surface area is 116 Å². The Balaban J connectivity index is 1.57. The Morgan fingerprint density at radius 1 is 1.17 bits per heavy atom. The van der Waals surface area contributed by atoms with Crippen molar-refractivity contribution in [3.63, 3.8) is 0 Å². The van der Waals surface area contributed by atoms with Crippen LogP contribution in [0.25, 0.3) is 0 Å². The van der Waals surface area contributed by atoms with Crippen molar-refractivity contribution in [2.75, 3.05) is 44.2 Å². The molecule has 2 saturated heterocycles. The minimum atomic E-state index is 0.734. The molecule has 0 aliphatic carbocycles. The third-order valence-electron chi connectivity index (χ3n) is 3.75. The van der Waals surface area contributed by atoms with Gasteiger partial charge in [0.2, 0.25) is 5.95 Å². The highest BCUT2D eigenvalue weighted by Gasteiger charge is 2.26. The summed E-state index contributed by atoms with van der Waals surface area (Å²) in [6.07, 6.45) is 4.92. The number of piperazine rings is 1. The van der Waals surface area contributed by atoms with Crippen molar-refractivity contribution in [3.05, 3.63) is 16.9 Å². The Morgan fingerprint density at radius 3 is 2.50 bits per heavy atom. The molecule has 3 rings (SSSR count). The van der Waals surface area contributed by atoms with Crippen LogP contribution >= 0.6 is 15.9 Å². The van der Waals surface area contributed by atoms with E-state index in [4.69, 9.17) is 0 Å². The molecule has 0 bridgehead atoms. The van der Waals surface area contributed by atoms with E-state index in [1.165, 1.54) is 13.0 Å². The van der Waals surface area contributed by atoms with Gasteiger partial charge in [0.05, 0.1) is 4.47 Å². The molecule has 1 aromatic rings. The van der Waals surface area contributed by atoms with Crippen molar-refractivity contribution < 1.29 is 0 Å². The molecule has 6 heteroatoms. The van der Waals surface area contributed by atoms with Gasteiger partial charge in [-0.05, 0) is 28.9 Å². The first-order chi connectivity index (χ1) is 8.83. The molecule has 2 aliphatic heterocycles. The largest absolute Gasteiger partial charge is 0.338 e. The first kappa shape index (κ1) is 12.3. The zero-order valence-corrected chi connectivity index (χ0v) is 11.9. The number of rotatable bonds is 2. The maximum atomic E-state index is 4.36. The van der Waals surface area contributed by atoms with Gasteiger partial charge in [-0.1, -0.05) is 0 Å². The Hall–Kier alpha value is -0.720. The third kappa shape index (κ3) is 2.65. The molecule has 5 nitrogen and oxygen atoms in total. The fourth-order valence-electron chi connectivity index (χ4n) is 2.71. The molecule has 2 fully saturated rings. The molecule has 0 aromatic carbocycles. The summed E-state index contributed by atoms with van der Waals surface area (Å²) in [6.45, 7) is 6.60. The molecule has 2 aliphatic rings. The van der Waals surface area contributed by atoms with E-state index in [1.54, 1.807) is 0 Å². The summed E-state index contributed by atoms with van der Waals surface area (Å²) >= 11 is 3.37. The van der Waals surface area contributed by atoms with Crippen molar-refractivity contribution >= 4 is 21.9 Å². The van der Waals surface area contributed by atoms with Gasteiger partial charge in [0, 0.05) is 51.2 Å². The normalized spacial score (nSPS) is 25.6. The molecule has 18 heavy (non-hydrogen) atoms. The van der Waals surface area contributed by atoms with Crippen LogP contribution in [0.3, 0.4) is 0 Å². The minimum Gasteiger partial charge on any atom is -0.338 e. The summed E-state index contributed by atoms with van der Waals surface area (Å²) in [4.78, 5) is 13.6. The molecule has 1 atom stereocenters. The van der Waals surface area contributed by atoms with Crippen molar-refractivity contribution in [1.29, 1.82) is 0 Å². The highest BCUT2D eigenvalue weighted by molar-refractivity contribution is 9.10. The smallest absolute Gasteiger partial charge is 0.225 e. The second-order valence-corrected chi connectivity index (χ2v) is 5.79.